The van der Waals surface area contributed by atoms with Crippen LogP contribution in [0.5, 0.6) is 0 Å². The van der Waals surface area contributed by atoms with Crippen molar-refractivity contribution in [3.05, 3.63) is 0 Å². The third-order valence-corrected chi connectivity index (χ3v) is 1.49. The van der Waals surface area contributed by atoms with Crippen molar-refractivity contribution in [2.75, 3.05) is 19.6 Å². The number of carbonyl (C=O) groups excluding carboxylic acids is 1. The molecule has 0 aromatic heterocycles. The summed E-state index contributed by atoms with van der Waals surface area (Å²) in [5, 5.41) is 5.10. The Kier molecular flexibility index (Phi) is 6.27. The van der Waals surface area contributed by atoms with E-state index < -0.39 is 12.6 Å². The third-order valence-electron chi connectivity index (χ3n) is 1.49. The largest absolute Gasteiger partial charge is 0.390 e. The summed E-state index contributed by atoms with van der Waals surface area (Å²) in [4.78, 5) is 10.8. The number of amides is 1. The number of nitrogens with one attached hydrogen (secondary N) is 2. The van der Waals surface area contributed by atoms with Crippen LogP contribution in [-0.4, -0.2) is 31.7 Å². The Morgan fingerprint density at radius 1 is 1.29 bits per heavy atom. The maximum atomic E-state index is 11.6. The van der Waals surface area contributed by atoms with Crippen molar-refractivity contribution in [3.63, 3.8) is 0 Å². The van der Waals surface area contributed by atoms with Gasteiger partial charge < -0.3 is 10.6 Å². The van der Waals surface area contributed by atoms with Crippen LogP contribution in [0.3, 0.4) is 0 Å². The van der Waals surface area contributed by atoms with Crippen LogP contribution < -0.4 is 10.6 Å². The highest BCUT2D eigenvalue weighted by Crippen LogP contribution is 2.17. The lowest BCUT2D eigenvalue weighted by atomic mass is 10.3. The summed E-state index contributed by atoms with van der Waals surface area (Å²) < 4.78 is 34.9. The highest BCUT2D eigenvalue weighted by Gasteiger charge is 2.25. The molecule has 0 saturated heterocycles. The number of hydrogen-bond donors (Lipinski definition) is 2. The monoisotopic (exact) mass is 212 g/mol. The molecule has 0 spiro atoms. The average molecular weight is 212 g/mol. The van der Waals surface area contributed by atoms with Gasteiger partial charge in [0, 0.05) is 26.1 Å². The number of alkyl halides is 3. The summed E-state index contributed by atoms with van der Waals surface area (Å²) in [5.74, 6) is -0.146. The maximum absolute atomic E-state index is 11.6. The quantitative estimate of drug-likeness (QED) is 0.646. The summed E-state index contributed by atoms with van der Waals surface area (Å²) in [6, 6.07) is 0. The van der Waals surface area contributed by atoms with Crippen LogP contribution in [0.2, 0.25) is 0 Å². The molecule has 0 aromatic carbocycles. The Labute approximate surface area is 81.1 Å². The molecule has 0 aliphatic carbocycles. The Bertz CT molecular complexity index is 170. The van der Waals surface area contributed by atoms with E-state index in [0.717, 1.165) is 0 Å². The Morgan fingerprint density at radius 2 is 1.93 bits per heavy atom. The van der Waals surface area contributed by atoms with Crippen LogP contribution in [0.25, 0.3) is 0 Å². The summed E-state index contributed by atoms with van der Waals surface area (Å²) >= 11 is 0. The molecule has 0 radical (unpaired) electrons. The fourth-order valence-corrected chi connectivity index (χ4v) is 0.843. The predicted molar refractivity (Wildman–Crippen MR) is 46.8 cm³/mol. The molecule has 3 nitrogen and oxygen atoms in total. The van der Waals surface area contributed by atoms with Crippen LogP contribution in [0.4, 0.5) is 13.2 Å². The van der Waals surface area contributed by atoms with Gasteiger partial charge in [-0.1, -0.05) is 0 Å². The van der Waals surface area contributed by atoms with Gasteiger partial charge in [0.15, 0.2) is 0 Å². The van der Waals surface area contributed by atoms with Crippen LogP contribution in [-0.2, 0) is 4.79 Å². The molecule has 0 heterocycles. The predicted octanol–water partition coefficient (Wildman–Crippen LogP) is 1.05. The Balaban J connectivity index is 3.26. The minimum Gasteiger partial charge on any atom is -0.356 e. The van der Waals surface area contributed by atoms with Crippen molar-refractivity contribution in [1.29, 1.82) is 0 Å². The van der Waals surface area contributed by atoms with Gasteiger partial charge in [-0.2, -0.15) is 13.2 Å². The molecular weight excluding hydrogens is 197 g/mol. The van der Waals surface area contributed by atoms with Crippen LogP contribution >= 0.6 is 0 Å². The number of hydrogen-bond acceptors (Lipinski definition) is 2. The zero-order chi connectivity index (χ0) is 11.0. The van der Waals surface area contributed by atoms with E-state index in [1.807, 2.05) is 0 Å². The van der Waals surface area contributed by atoms with Crippen molar-refractivity contribution < 1.29 is 18.0 Å². The molecule has 14 heavy (non-hydrogen) atoms. The molecule has 0 unspecified atom stereocenters. The topological polar surface area (TPSA) is 41.1 Å². The summed E-state index contributed by atoms with van der Waals surface area (Å²) in [5.41, 5.74) is 0. The zero-order valence-corrected chi connectivity index (χ0v) is 8.08. The molecule has 0 rings (SSSR count). The number of rotatable bonds is 6. The summed E-state index contributed by atoms with van der Waals surface area (Å²) in [6.45, 7) is 2.47. The lowest BCUT2D eigenvalue weighted by Crippen LogP contribution is -2.29. The minimum atomic E-state index is -4.13. The molecule has 0 bridgehead atoms. The van der Waals surface area contributed by atoms with Gasteiger partial charge in [0.05, 0.1) is 6.42 Å². The molecule has 0 atom stereocenters. The van der Waals surface area contributed by atoms with Gasteiger partial charge in [-0.3, -0.25) is 4.79 Å². The SMILES string of the molecule is CCNC(=O)CCNCCC(F)(F)F. The van der Waals surface area contributed by atoms with E-state index in [1.54, 1.807) is 6.92 Å². The van der Waals surface area contributed by atoms with E-state index in [4.69, 9.17) is 0 Å². The Hall–Kier alpha value is -0.780. The minimum absolute atomic E-state index is 0.136. The molecule has 0 saturated carbocycles. The van der Waals surface area contributed by atoms with E-state index in [-0.39, 0.29) is 25.4 Å². The molecule has 0 aliphatic heterocycles. The number of halogens is 3. The second-order valence-electron chi connectivity index (χ2n) is 2.82. The molecular formula is C8H15F3N2O. The first-order valence-electron chi connectivity index (χ1n) is 4.50. The van der Waals surface area contributed by atoms with Gasteiger partial charge in [0.2, 0.25) is 5.91 Å². The van der Waals surface area contributed by atoms with E-state index in [2.05, 4.69) is 10.6 Å². The van der Waals surface area contributed by atoms with Gasteiger partial charge in [0.25, 0.3) is 0 Å². The smallest absolute Gasteiger partial charge is 0.356 e. The van der Waals surface area contributed by atoms with Gasteiger partial charge in [-0.05, 0) is 6.92 Å². The molecule has 84 valence electrons. The summed E-state index contributed by atoms with van der Waals surface area (Å²) in [7, 11) is 0. The molecule has 0 fully saturated rings. The van der Waals surface area contributed by atoms with E-state index in [9.17, 15) is 18.0 Å². The Morgan fingerprint density at radius 3 is 2.43 bits per heavy atom. The highest BCUT2D eigenvalue weighted by molar-refractivity contribution is 5.75. The van der Waals surface area contributed by atoms with Crippen LogP contribution in [0, 0.1) is 0 Å². The highest BCUT2D eigenvalue weighted by atomic mass is 19.4. The first-order chi connectivity index (χ1) is 6.45. The molecule has 2 N–H and O–H groups in total. The van der Waals surface area contributed by atoms with E-state index in [0.29, 0.717) is 6.54 Å². The number of carbonyl (C=O) groups is 1. The van der Waals surface area contributed by atoms with Crippen LogP contribution in [0.1, 0.15) is 19.8 Å². The second-order valence-corrected chi connectivity index (χ2v) is 2.82. The first-order valence-corrected chi connectivity index (χ1v) is 4.50. The van der Waals surface area contributed by atoms with Crippen molar-refractivity contribution in [2.45, 2.75) is 25.9 Å². The second kappa shape index (κ2) is 6.64. The van der Waals surface area contributed by atoms with Gasteiger partial charge in [-0.15, -0.1) is 0 Å². The fourth-order valence-electron chi connectivity index (χ4n) is 0.843. The molecule has 6 heteroatoms. The molecule has 0 aromatic rings. The normalized spacial score (nSPS) is 11.4. The van der Waals surface area contributed by atoms with Crippen LogP contribution in [0.15, 0.2) is 0 Å². The molecule has 1 amide bonds. The van der Waals surface area contributed by atoms with E-state index >= 15 is 0 Å². The van der Waals surface area contributed by atoms with Crippen molar-refractivity contribution in [3.8, 4) is 0 Å². The third kappa shape index (κ3) is 9.31. The van der Waals surface area contributed by atoms with Gasteiger partial charge in [0.1, 0.15) is 0 Å². The van der Waals surface area contributed by atoms with Gasteiger partial charge >= 0.3 is 6.18 Å². The van der Waals surface area contributed by atoms with Crippen molar-refractivity contribution in [2.24, 2.45) is 0 Å². The fraction of sp³-hybridized carbons (Fsp3) is 0.875. The lowest BCUT2D eigenvalue weighted by molar-refractivity contribution is -0.133. The van der Waals surface area contributed by atoms with Crippen molar-refractivity contribution in [1.82, 2.24) is 10.6 Å². The first kappa shape index (κ1) is 13.2. The standard InChI is InChI=1S/C8H15F3N2O/c1-2-13-7(14)3-5-12-6-4-8(9,10)11/h12H,2-6H2,1H3,(H,13,14). The van der Waals surface area contributed by atoms with E-state index in [1.165, 1.54) is 0 Å². The average Bonchev–Trinajstić information content (AvgIpc) is 2.02. The summed E-state index contributed by atoms with van der Waals surface area (Å²) in [6.07, 6.45) is -4.77. The van der Waals surface area contributed by atoms with Gasteiger partial charge in [-0.25, -0.2) is 0 Å². The van der Waals surface area contributed by atoms with Crippen molar-refractivity contribution >= 4 is 5.91 Å². The lowest BCUT2D eigenvalue weighted by Gasteiger charge is -2.07. The maximum Gasteiger partial charge on any atom is 0.390 e. The molecule has 0 aliphatic rings. The zero-order valence-electron chi connectivity index (χ0n) is 8.08.